The summed E-state index contributed by atoms with van der Waals surface area (Å²) in [5.74, 6) is -0.609. The van der Waals surface area contributed by atoms with Crippen molar-refractivity contribution in [2.45, 2.75) is 45.3 Å². The second kappa shape index (κ2) is 6.57. The molecule has 106 valence electrons. The van der Waals surface area contributed by atoms with Crippen molar-refractivity contribution in [3.63, 3.8) is 0 Å². The van der Waals surface area contributed by atoms with Crippen molar-refractivity contribution in [1.82, 2.24) is 4.98 Å². The maximum atomic E-state index is 13.9. The molecule has 0 aliphatic rings. The molecule has 3 nitrogen and oxygen atoms in total. The fourth-order valence-electron chi connectivity index (χ4n) is 1.34. The zero-order valence-corrected chi connectivity index (χ0v) is 13.1. The summed E-state index contributed by atoms with van der Waals surface area (Å²) in [5.41, 5.74) is 0.747. The van der Waals surface area contributed by atoms with E-state index in [0.29, 0.717) is 12.1 Å². The lowest BCUT2D eigenvalue weighted by molar-refractivity contribution is 0.618. The minimum Gasteiger partial charge on any atom is -0.242 e. The second-order valence-corrected chi connectivity index (χ2v) is 7.38. The summed E-state index contributed by atoms with van der Waals surface area (Å²) in [4.78, 5) is 3.67. The number of rotatable bonds is 4. The van der Waals surface area contributed by atoms with Crippen LogP contribution in [-0.2, 0) is 11.0 Å². The lowest BCUT2D eigenvalue weighted by Gasteiger charge is -2.15. The van der Waals surface area contributed by atoms with Crippen LogP contribution in [0.2, 0.25) is 5.15 Å². The molecular formula is C13H18ClFN2OS. The first-order valence-electron chi connectivity index (χ1n) is 6.07. The molecule has 0 amide bonds. The van der Waals surface area contributed by atoms with Gasteiger partial charge in [0.05, 0.1) is 10.5 Å². The average Bonchev–Trinajstić information content (AvgIpc) is 2.31. The van der Waals surface area contributed by atoms with Gasteiger partial charge in [-0.1, -0.05) is 24.9 Å². The van der Waals surface area contributed by atoms with Crippen molar-refractivity contribution in [2.75, 3.05) is 0 Å². The predicted molar refractivity (Wildman–Crippen MR) is 78.5 cm³/mol. The Bertz CT molecular complexity index is 512. The molecule has 1 atom stereocenters. The van der Waals surface area contributed by atoms with Crippen molar-refractivity contribution < 1.29 is 8.60 Å². The molecule has 0 fully saturated rings. The van der Waals surface area contributed by atoms with Crippen LogP contribution in [0.5, 0.6) is 0 Å². The molecule has 0 saturated heterocycles. The fraction of sp³-hybridized carbons (Fsp3) is 0.538. The Morgan fingerprint density at radius 2 is 2.16 bits per heavy atom. The summed E-state index contributed by atoms with van der Waals surface area (Å²) in [5, 5.41) is -0.192. The minimum absolute atomic E-state index is 0.192. The van der Waals surface area contributed by atoms with Crippen molar-refractivity contribution in [3.05, 3.63) is 28.8 Å². The highest BCUT2D eigenvalue weighted by Gasteiger charge is 2.21. The molecule has 19 heavy (non-hydrogen) atoms. The molecule has 0 saturated carbocycles. The minimum atomic E-state index is -1.43. The van der Waals surface area contributed by atoms with Crippen LogP contribution in [-0.4, -0.2) is 19.7 Å². The monoisotopic (exact) mass is 304 g/mol. The topological polar surface area (TPSA) is 42.3 Å². The second-order valence-electron chi connectivity index (χ2n) is 5.11. The molecule has 6 heteroatoms. The molecule has 0 unspecified atom stereocenters. The van der Waals surface area contributed by atoms with Crippen LogP contribution in [0, 0.1) is 5.82 Å². The van der Waals surface area contributed by atoms with Gasteiger partial charge in [0.25, 0.3) is 0 Å². The first-order chi connectivity index (χ1) is 8.77. The summed E-state index contributed by atoms with van der Waals surface area (Å²) < 4.78 is 29.7. The van der Waals surface area contributed by atoms with Gasteiger partial charge in [-0.05, 0) is 33.3 Å². The van der Waals surface area contributed by atoms with Gasteiger partial charge in [0.1, 0.15) is 11.0 Å². The van der Waals surface area contributed by atoms with Crippen LogP contribution < -0.4 is 0 Å². The molecule has 0 aliphatic heterocycles. The molecule has 0 bridgehead atoms. The van der Waals surface area contributed by atoms with Gasteiger partial charge in [0.15, 0.2) is 11.0 Å². The van der Waals surface area contributed by atoms with Gasteiger partial charge >= 0.3 is 0 Å². The molecule has 1 aromatic rings. The third-order valence-corrected chi connectivity index (χ3v) is 4.06. The highest BCUT2D eigenvalue weighted by atomic mass is 35.5. The zero-order valence-electron chi connectivity index (χ0n) is 11.5. The summed E-state index contributed by atoms with van der Waals surface area (Å²) >= 11 is 5.67. The Hall–Kier alpha value is -0.810. The molecule has 0 radical (unpaired) electrons. The van der Waals surface area contributed by atoms with Gasteiger partial charge in [-0.2, -0.15) is 4.40 Å². The Kier molecular flexibility index (Phi) is 5.62. The van der Waals surface area contributed by atoms with E-state index in [-0.39, 0.29) is 10.7 Å². The Morgan fingerprint density at radius 1 is 1.53 bits per heavy atom. The molecule has 0 spiro atoms. The Morgan fingerprint density at radius 3 is 2.68 bits per heavy atom. The fourth-order valence-corrected chi connectivity index (χ4v) is 2.17. The number of hydrogen-bond donors (Lipinski definition) is 0. The van der Waals surface area contributed by atoms with Crippen molar-refractivity contribution >= 4 is 28.3 Å². The standard InChI is InChI=1S/C13H18ClFN2OS/c1-5-6-10(17-19(18)13(2,3)4)9-7-8-16-12(14)11(9)15/h7-8H,5-6H2,1-4H3/t19-/m1/s1. The zero-order chi connectivity index (χ0) is 14.6. The Balaban J connectivity index is 3.25. The maximum absolute atomic E-state index is 13.9. The molecule has 0 N–H and O–H groups in total. The lowest BCUT2D eigenvalue weighted by Crippen LogP contribution is -2.21. The van der Waals surface area contributed by atoms with E-state index in [4.69, 9.17) is 11.6 Å². The normalized spacial score (nSPS) is 14.5. The number of pyridine rings is 1. The third-order valence-electron chi connectivity index (χ3n) is 2.36. The van der Waals surface area contributed by atoms with Crippen LogP contribution in [0.25, 0.3) is 0 Å². The summed E-state index contributed by atoms with van der Waals surface area (Å²) in [6.07, 6.45) is 2.74. The molecule has 0 aromatic carbocycles. The number of aromatic nitrogens is 1. The Labute approximate surface area is 120 Å². The van der Waals surface area contributed by atoms with Crippen molar-refractivity contribution in [2.24, 2.45) is 4.40 Å². The highest BCUT2D eigenvalue weighted by molar-refractivity contribution is 7.85. The maximum Gasteiger partial charge on any atom is 0.169 e. The smallest absolute Gasteiger partial charge is 0.169 e. The molecule has 1 aromatic heterocycles. The molecular weight excluding hydrogens is 287 g/mol. The summed E-state index contributed by atoms with van der Waals surface area (Å²) in [6.45, 7) is 7.43. The molecule has 1 rings (SSSR count). The van der Waals surface area contributed by atoms with Crippen molar-refractivity contribution in [1.29, 1.82) is 0 Å². The van der Waals surface area contributed by atoms with E-state index in [9.17, 15) is 8.60 Å². The van der Waals surface area contributed by atoms with E-state index >= 15 is 0 Å². The van der Waals surface area contributed by atoms with Crippen LogP contribution in [0.3, 0.4) is 0 Å². The first-order valence-corrected chi connectivity index (χ1v) is 7.55. The van der Waals surface area contributed by atoms with Crippen LogP contribution in [0.15, 0.2) is 16.7 Å². The van der Waals surface area contributed by atoms with E-state index in [1.165, 1.54) is 12.3 Å². The van der Waals surface area contributed by atoms with E-state index in [0.717, 1.165) is 6.42 Å². The number of hydrogen-bond acceptors (Lipinski definition) is 2. The first kappa shape index (κ1) is 16.2. The van der Waals surface area contributed by atoms with E-state index in [1.54, 1.807) is 0 Å². The lowest BCUT2D eigenvalue weighted by atomic mass is 10.1. The highest BCUT2D eigenvalue weighted by Crippen LogP contribution is 2.20. The molecule has 0 aliphatic carbocycles. The van der Waals surface area contributed by atoms with Gasteiger partial charge in [-0.25, -0.2) is 13.6 Å². The van der Waals surface area contributed by atoms with Gasteiger partial charge in [-0.3, -0.25) is 0 Å². The van der Waals surface area contributed by atoms with Gasteiger partial charge in [-0.15, -0.1) is 0 Å². The largest absolute Gasteiger partial charge is 0.242 e. The SMILES string of the molecule is CCCC(=N[S@](=O)C(C)(C)C)c1ccnc(Cl)c1F. The van der Waals surface area contributed by atoms with Gasteiger partial charge < -0.3 is 0 Å². The van der Waals surface area contributed by atoms with Crippen LogP contribution in [0.1, 0.15) is 46.1 Å². The van der Waals surface area contributed by atoms with Gasteiger partial charge in [0.2, 0.25) is 0 Å². The van der Waals surface area contributed by atoms with E-state index in [1.807, 2.05) is 27.7 Å². The number of halogens is 2. The summed E-state index contributed by atoms with van der Waals surface area (Å²) in [6, 6.07) is 1.51. The van der Waals surface area contributed by atoms with E-state index in [2.05, 4.69) is 9.38 Å². The van der Waals surface area contributed by atoms with Gasteiger partial charge in [0, 0.05) is 11.8 Å². The predicted octanol–water partition coefficient (Wildman–Crippen LogP) is 3.93. The van der Waals surface area contributed by atoms with E-state index < -0.39 is 21.5 Å². The third kappa shape index (κ3) is 4.35. The number of nitrogens with zero attached hydrogens (tertiary/aromatic N) is 2. The quantitative estimate of drug-likeness (QED) is 0.625. The van der Waals surface area contributed by atoms with Crippen molar-refractivity contribution in [3.8, 4) is 0 Å². The summed E-state index contributed by atoms with van der Waals surface area (Å²) in [7, 11) is -1.43. The average molecular weight is 305 g/mol. The molecule has 1 heterocycles. The van der Waals surface area contributed by atoms with Crippen LogP contribution >= 0.6 is 11.6 Å². The van der Waals surface area contributed by atoms with Crippen LogP contribution in [0.4, 0.5) is 4.39 Å².